The lowest BCUT2D eigenvalue weighted by molar-refractivity contribution is -0.137. The van der Waals surface area contributed by atoms with Gasteiger partial charge in [-0.15, -0.1) is 11.8 Å². The number of rotatable bonds is 3. The van der Waals surface area contributed by atoms with Crippen molar-refractivity contribution in [3.8, 4) is 0 Å². The Bertz CT molecular complexity index is 721. The number of benzene rings is 1. The zero-order valence-electron chi connectivity index (χ0n) is 9.95. The molecule has 2 rings (SSSR count). The number of thioether (sulfide) groups is 1. The summed E-state index contributed by atoms with van der Waals surface area (Å²) in [6.45, 7) is 0. The maximum Gasteiger partial charge on any atom is 0.416 e. The van der Waals surface area contributed by atoms with Crippen LogP contribution in [0.25, 0.3) is 0 Å². The Hall–Kier alpha value is -1.96. The molecule has 1 aromatic heterocycles. The third-order valence-corrected chi connectivity index (χ3v) is 3.43. The fourth-order valence-electron chi connectivity index (χ4n) is 1.48. The molecule has 0 saturated heterocycles. The van der Waals surface area contributed by atoms with Crippen LogP contribution < -0.4 is 11.1 Å². The van der Waals surface area contributed by atoms with Crippen LogP contribution in [0.4, 0.5) is 13.2 Å². The maximum atomic E-state index is 12.5. The molecule has 0 saturated carbocycles. The summed E-state index contributed by atoms with van der Waals surface area (Å²) in [5.41, 5.74) is -1.81. The fourth-order valence-corrected chi connectivity index (χ4v) is 2.29. The molecule has 0 spiro atoms. The Morgan fingerprint density at radius 3 is 2.55 bits per heavy atom. The zero-order valence-corrected chi connectivity index (χ0v) is 10.8. The first kappa shape index (κ1) is 14.4. The Morgan fingerprint density at radius 2 is 1.90 bits per heavy atom. The topological polar surface area (TPSA) is 65.7 Å². The van der Waals surface area contributed by atoms with E-state index in [1.807, 2.05) is 0 Å². The van der Waals surface area contributed by atoms with Crippen molar-refractivity contribution in [3.63, 3.8) is 0 Å². The van der Waals surface area contributed by atoms with E-state index in [0.29, 0.717) is 10.6 Å². The number of aromatic amines is 2. The second kappa shape index (κ2) is 5.58. The maximum absolute atomic E-state index is 12.5. The van der Waals surface area contributed by atoms with Crippen molar-refractivity contribution in [1.82, 2.24) is 9.97 Å². The van der Waals surface area contributed by atoms with Gasteiger partial charge in [-0.2, -0.15) is 13.2 Å². The van der Waals surface area contributed by atoms with Crippen LogP contribution in [-0.2, 0) is 11.9 Å². The van der Waals surface area contributed by atoms with Crippen LogP contribution in [0.3, 0.4) is 0 Å². The zero-order chi connectivity index (χ0) is 14.8. The van der Waals surface area contributed by atoms with E-state index < -0.39 is 22.9 Å². The predicted octanol–water partition coefficient (Wildman–Crippen LogP) is 2.37. The van der Waals surface area contributed by atoms with Gasteiger partial charge >= 0.3 is 17.3 Å². The highest BCUT2D eigenvalue weighted by Crippen LogP contribution is 2.30. The number of H-pyrrole nitrogens is 2. The summed E-state index contributed by atoms with van der Waals surface area (Å²) in [6, 6.07) is 4.94. The predicted molar refractivity (Wildman–Crippen MR) is 68.7 cm³/mol. The van der Waals surface area contributed by atoms with Crippen LogP contribution in [0.1, 0.15) is 11.1 Å². The molecule has 0 aliphatic heterocycles. The van der Waals surface area contributed by atoms with Crippen molar-refractivity contribution in [1.29, 1.82) is 0 Å². The SMILES string of the molecule is O=c1[nH]cc(SCc2cccc(C(F)(F)F)c2)[nH]c1=O. The second-order valence-corrected chi connectivity index (χ2v) is 4.94. The van der Waals surface area contributed by atoms with Crippen molar-refractivity contribution >= 4 is 11.8 Å². The van der Waals surface area contributed by atoms with E-state index in [9.17, 15) is 22.8 Å². The van der Waals surface area contributed by atoms with Gasteiger partial charge in [-0.25, -0.2) is 0 Å². The molecule has 0 fully saturated rings. The Labute approximate surface area is 115 Å². The van der Waals surface area contributed by atoms with Crippen LogP contribution in [0.5, 0.6) is 0 Å². The van der Waals surface area contributed by atoms with Crippen LogP contribution >= 0.6 is 11.8 Å². The molecule has 2 N–H and O–H groups in total. The number of hydrogen-bond donors (Lipinski definition) is 2. The van der Waals surface area contributed by atoms with Gasteiger partial charge in [0, 0.05) is 11.9 Å². The number of nitrogens with one attached hydrogen (secondary N) is 2. The lowest BCUT2D eigenvalue weighted by atomic mass is 10.1. The molecule has 0 aliphatic carbocycles. The van der Waals surface area contributed by atoms with Gasteiger partial charge in [-0.1, -0.05) is 18.2 Å². The van der Waals surface area contributed by atoms with E-state index >= 15 is 0 Å². The van der Waals surface area contributed by atoms with Crippen LogP contribution in [0.15, 0.2) is 45.1 Å². The molecule has 8 heteroatoms. The summed E-state index contributed by atoms with van der Waals surface area (Å²) in [6.07, 6.45) is -3.07. The van der Waals surface area contributed by atoms with Gasteiger partial charge in [0.1, 0.15) is 0 Å². The first-order valence-corrected chi connectivity index (χ1v) is 6.46. The van der Waals surface area contributed by atoms with Gasteiger partial charge in [-0.3, -0.25) is 9.59 Å². The first-order valence-electron chi connectivity index (χ1n) is 5.47. The fraction of sp³-hybridized carbons (Fsp3) is 0.167. The summed E-state index contributed by atoms with van der Waals surface area (Å²) in [5.74, 6) is 0.242. The quantitative estimate of drug-likeness (QED) is 0.676. The van der Waals surface area contributed by atoms with Crippen LogP contribution in [0.2, 0.25) is 0 Å². The van der Waals surface area contributed by atoms with E-state index in [2.05, 4.69) is 9.97 Å². The number of halogens is 3. The summed E-state index contributed by atoms with van der Waals surface area (Å²) < 4.78 is 37.6. The van der Waals surface area contributed by atoms with Gasteiger partial charge in [-0.05, 0) is 11.6 Å². The third-order valence-electron chi connectivity index (χ3n) is 2.43. The van der Waals surface area contributed by atoms with Crippen LogP contribution in [0, 0.1) is 0 Å². The largest absolute Gasteiger partial charge is 0.416 e. The number of alkyl halides is 3. The highest BCUT2D eigenvalue weighted by Gasteiger charge is 2.30. The average Bonchev–Trinajstić information content (AvgIpc) is 2.39. The molecule has 0 bridgehead atoms. The second-order valence-electron chi connectivity index (χ2n) is 3.92. The minimum Gasteiger partial charge on any atom is -0.322 e. The standard InChI is InChI=1S/C12H9F3N2O2S/c13-12(14,15)8-3-1-2-7(4-8)6-20-9-5-16-10(18)11(19)17-9/h1-5H,6H2,(H,16,18)(H,17,19). The van der Waals surface area contributed by atoms with Gasteiger partial charge in [0.15, 0.2) is 0 Å². The summed E-state index contributed by atoms with van der Waals surface area (Å²) in [7, 11) is 0. The molecule has 0 amide bonds. The molecule has 0 radical (unpaired) electrons. The molecular formula is C12H9F3N2O2S. The van der Waals surface area contributed by atoms with E-state index in [1.54, 1.807) is 6.07 Å². The van der Waals surface area contributed by atoms with Crippen molar-refractivity contribution in [2.45, 2.75) is 17.0 Å². The molecule has 1 aromatic carbocycles. The highest BCUT2D eigenvalue weighted by molar-refractivity contribution is 7.98. The first-order chi connectivity index (χ1) is 9.36. The van der Waals surface area contributed by atoms with Crippen molar-refractivity contribution in [2.24, 2.45) is 0 Å². The minimum absolute atomic E-state index is 0.242. The van der Waals surface area contributed by atoms with Gasteiger partial charge < -0.3 is 9.97 Å². The lowest BCUT2D eigenvalue weighted by Crippen LogP contribution is -2.28. The van der Waals surface area contributed by atoms with Gasteiger partial charge in [0.2, 0.25) is 0 Å². The molecule has 2 aromatic rings. The van der Waals surface area contributed by atoms with Crippen molar-refractivity contribution < 1.29 is 13.2 Å². The summed E-state index contributed by atoms with van der Waals surface area (Å²) in [5, 5.41) is 0.381. The molecule has 1 heterocycles. The van der Waals surface area contributed by atoms with E-state index in [1.165, 1.54) is 12.3 Å². The summed E-state index contributed by atoms with van der Waals surface area (Å²) in [4.78, 5) is 26.5. The molecule has 106 valence electrons. The summed E-state index contributed by atoms with van der Waals surface area (Å²) >= 11 is 1.12. The molecule has 0 atom stereocenters. The van der Waals surface area contributed by atoms with Gasteiger partial charge in [0.05, 0.1) is 10.6 Å². The van der Waals surface area contributed by atoms with E-state index in [-0.39, 0.29) is 5.75 Å². The Morgan fingerprint density at radius 1 is 1.15 bits per heavy atom. The van der Waals surface area contributed by atoms with Crippen molar-refractivity contribution in [2.75, 3.05) is 0 Å². The smallest absolute Gasteiger partial charge is 0.322 e. The molecular weight excluding hydrogens is 293 g/mol. The molecule has 0 unspecified atom stereocenters. The minimum atomic E-state index is -4.38. The number of hydrogen-bond acceptors (Lipinski definition) is 3. The number of aromatic nitrogens is 2. The molecule has 0 aliphatic rings. The Balaban J connectivity index is 2.13. The lowest BCUT2D eigenvalue weighted by Gasteiger charge is -2.08. The van der Waals surface area contributed by atoms with Crippen molar-refractivity contribution in [3.05, 3.63) is 62.3 Å². The van der Waals surface area contributed by atoms with E-state index in [0.717, 1.165) is 23.9 Å². The van der Waals surface area contributed by atoms with E-state index in [4.69, 9.17) is 0 Å². The third kappa shape index (κ3) is 3.53. The normalized spacial score (nSPS) is 11.6. The molecule has 4 nitrogen and oxygen atoms in total. The Kier molecular flexibility index (Phi) is 4.03. The monoisotopic (exact) mass is 302 g/mol. The van der Waals surface area contributed by atoms with Crippen LogP contribution in [-0.4, -0.2) is 9.97 Å². The highest BCUT2D eigenvalue weighted by atomic mass is 32.2. The average molecular weight is 302 g/mol. The molecule has 20 heavy (non-hydrogen) atoms. The van der Waals surface area contributed by atoms with Gasteiger partial charge in [0.25, 0.3) is 0 Å².